The standard InChI is InChI=1S/C24H20N4O6S/c1-28-23(32)26-27-24(28)35-21-12-19(29)18(11-20(21)30)25-22(31)14-34-17-9-7-16(8-10-17)33-13-15-5-3-2-4-6-15/h2-12H,13-14H2,1H3,(H,25,31)(H,26,32). The minimum Gasteiger partial charge on any atom is -0.489 e. The Kier molecular flexibility index (Phi) is 7.27. The fourth-order valence-corrected chi connectivity index (χ4v) is 3.78. The number of carbonyl (C=O) groups excluding carboxylic acids is 3. The molecule has 1 amide bonds. The molecule has 35 heavy (non-hydrogen) atoms. The molecule has 0 unspecified atom stereocenters. The van der Waals surface area contributed by atoms with Crippen molar-refractivity contribution in [2.45, 2.75) is 11.8 Å². The molecule has 0 fully saturated rings. The summed E-state index contributed by atoms with van der Waals surface area (Å²) in [4.78, 5) is 48.5. The Morgan fingerprint density at radius 1 is 0.971 bits per heavy atom. The predicted molar refractivity (Wildman–Crippen MR) is 127 cm³/mol. The van der Waals surface area contributed by atoms with Crippen molar-refractivity contribution in [1.29, 1.82) is 0 Å². The van der Waals surface area contributed by atoms with Crippen LogP contribution in [0.1, 0.15) is 5.56 Å². The van der Waals surface area contributed by atoms with E-state index < -0.39 is 23.2 Å². The van der Waals surface area contributed by atoms with E-state index in [1.54, 1.807) is 24.3 Å². The lowest BCUT2D eigenvalue weighted by Crippen LogP contribution is -2.33. The zero-order valence-corrected chi connectivity index (χ0v) is 19.3. The van der Waals surface area contributed by atoms with Gasteiger partial charge in [-0.1, -0.05) is 30.3 Å². The van der Waals surface area contributed by atoms with Crippen LogP contribution >= 0.6 is 11.8 Å². The third kappa shape index (κ3) is 6.15. The molecular weight excluding hydrogens is 472 g/mol. The maximum Gasteiger partial charge on any atom is 0.343 e. The quantitative estimate of drug-likeness (QED) is 0.433. The van der Waals surface area contributed by atoms with Gasteiger partial charge in [0.25, 0.3) is 5.91 Å². The SMILES string of the molecule is Cn1c(SC2=CC(=O)C(NC(=O)COc3ccc(OCc4ccccc4)cc3)=CC2=O)n[nH]c1=O. The van der Waals surface area contributed by atoms with Gasteiger partial charge in [-0.05, 0) is 41.6 Å². The van der Waals surface area contributed by atoms with Crippen molar-refractivity contribution < 1.29 is 23.9 Å². The molecule has 0 bridgehead atoms. The predicted octanol–water partition coefficient (Wildman–Crippen LogP) is 1.89. The Morgan fingerprint density at radius 3 is 2.31 bits per heavy atom. The number of hydrogen-bond acceptors (Lipinski definition) is 8. The van der Waals surface area contributed by atoms with Gasteiger partial charge in [0, 0.05) is 19.2 Å². The topological polar surface area (TPSA) is 132 Å². The Labute approximate surface area is 203 Å². The number of amides is 1. The molecule has 0 atom stereocenters. The van der Waals surface area contributed by atoms with E-state index in [4.69, 9.17) is 9.47 Å². The van der Waals surface area contributed by atoms with Crippen LogP contribution in [0, 0.1) is 0 Å². The van der Waals surface area contributed by atoms with E-state index in [1.807, 2.05) is 30.3 Å². The number of aromatic amines is 1. The summed E-state index contributed by atoms with van der Waals surface area (Å²) in [5, 5.41) is 8.66. The lowest BCUT2D eigenvalue weighted by Gasteiger charge is -2.13. The van der Waals surface area contributed by atoms with E-state index in [9.17, 15) is 19.2 Å². The van der Waals surface area contributed by atoms with Gasteiger partial charge in [-0.2, -0.15) is 0 Å². The molecule has 3 aromatic rings. The van der Waals surface area contributed by atoms with E-state index in [1.165, 1.54) is 11.6 Å². The summed E-state index contributed by atoms with van der Waals surface area (Å²) in [7, 11) is 1.48. The third-order valence-electron chi connectivity index (χ3n) is 4.80. The highest BCUT2D eigenvalue weighted by Crippen LogP contribution is 2.27. The van der Waals surface area contributed by atoms with Crippen molar-refractivity contribution in [3.05, 3.63) is 93.4 Å². The van der Waals surface area contributed by atoms with Crippen molar-refractivity contribution in [2.75, 3.05) is 6.61 Å². The van der Waals surface area contributed by atoms with Gasteiger partial charge < -0.3 is 14.8 Å². The summed E-state index contributed by atoms with van der Waals surface area (Å²) in [5.41, 5.74) is 0.441. The molecular formula is C24H20N4O6S. The molecule has 0 saturated carbocycles. The third-order valence-corrected chi connectivity index (χ3v) is 5.89. The molecule has 1 aromatic heterocycles. The van der Waals surface area contributed by atoms with Crippen LogP contribution in [-0.2, 0) is 28.0 Å². The molecule has 178 valence electrons. The monoisotopic (exact) mass is 492 g/mol. The Balaban J connectivity index is 1.26. The number of carbonyl (C=O) groups is 3. The molecule has 0 saturated heterocycles. The number of nitrogens with zero attached hydrogens (tertiary/aromatic N) is 2. The summed E-state index contributed by atoms with van der Waals surface area (Å²) in [5.74, 6) is -0.554. The summed E-state index contributed by atoms with van der Waals surface area (Å²) in [6, 6.07) is 16.5. The number of hydrogen-bond donors (Lipinski definition) is 2. The zero-order chi connectivity index (χ0) is 24.8. The summed E-state index contributed by atoms with van der Waals surface area (Å²) >= 11 is 0.875. The van der Waals surface area contributed by atoms with E-state index in [-0.39, 0.29) is 22.4 Å². The first-order chi connectivity index (χ1) is 16.9. The molecule has 1 aliphatic rings. The van der Waals surface area contributed by atoms with Crippen LogP contribution in [0.25, 0.3) is 0 Å². The van der Waals surface area contributed by atoms with Crippen molar-refractivity contribution >= 4 is 29.2 Å². The lowest BCUT2D eigenvalue weighted by atomic mass is 10.1. The molecule has 10 nitrogen and oxygen atoms in total. The van der Waals surface area contributed by atoms with Gasteiger partial charge in [0.2, 0.25) is 5.78 Å². The second-order valence-electron chi connectivity index (χ2n) is 7.35. The van der Waals surface area contributed by atoms with Crippen molar-refractivity contribution in [3.8, 4) is 11.5 Å². The first kappa shape index (κ1) is 23.8. The van der Waals surface area contributed by atoms with Crippen LogP contribution in [0.15, 0.2) is 87.3 Å². The number of ether oxygens (including phenoxy) is 2. The lowest BCUT2D eigenvalue weighted by molar-refractivity contribution is -0.124. The van der Waals surface area contributed by atoms with E-state index >= 15 is 0 Å². The number of aromatic nitrogens is 3. The van der Waals surface area contributed by atoms with Crippen LogP contribution in [0.4, 0.5) is 0 Å². The van der Waals surface area contributed by atoms with Gasteiger partial charge in [-0.3, -0.25) is 19.0 Å². The second-order valence-corrected chi connectivity index (χ2v) is 8.36. The van der Waals surface area contributed by atoms with Gasteiger partial charge in [0.1, 0.15) is 18.1 Å². The normalized spacial score (nSPS) is 13.2. The van der Waals surface area contributed by atoms with Crippen LogP contribution < -0.4 is 20.5 Å². The van der Waals surface area contributed by atoms with E-state index in [0.29, 0.717) is 18.1 Å². The average molecular weight is 493 g/mol. The first-order valence-corrected chi connectivity index (χ1v) is 11.2. The number of thioether (sulfide) groups is 1. The molecule has 2 aromatic carbocycles. The molecule has 0 spiro atoms. The number of rotatable bonds is 9. The molecule has 1 aliphatic carbocycles. The fraction of sp³-hybridized carbons (Fsp3) is 0.125. The Morgan fingerprint density at radius 2 is 1.66 bits per heavy atom. The second kappa shape index (κ2) is 10.7. The molecule has 2 N–H and O–H groups in total. The maximum absolute atomic E-state index is 12.4. The summed E-state index contributed by atoms with van der Waals surface area (Å²) < 4.78 is 12.4. The largest absolute Gasteiger partial charge is 0.489 e. The van der Waals surface area contributed by atoms with Gasteiger partial charge in [0.15, 0.2) is 17.5 Å². The Bertz CT molecular complexity index is 1370. The van der Waals surface area contributed by atoms with Crippen LogP contribution in [0.5, 0.6) is 11.5 Å². The van der Waals surface area contributed by atoms with Crippen molar-refractivity contribution in [1.82, 2.24) is 20.1 Å². The van der Waals surface area contributed by atoms with Gasteiger partial charge in [-0.25, -0.2) is 9.89 Å². The maximum atomic E-state index is 12.4. The number of benzene rings is 2. The highest BCUT2D eigenvalue weighted by molar-refractivity contribution is 8.03. The summed E-state index contributed by atoms with van der Waals surface area (Å²) in [6.07, 6.45) is 2.13. The molecule has 0 radical (unpaired) electrons. The van der Waals surface area contributed by atoms with Crippen molar-refractivity contribution in [2.24, 2.45) is 7.05 Å². The van der Waals surface area contributed by atoms with E-state index in [2.05, 4.69) is 15.5 Å². The smallest absolute Gasteiger partial charge is 0.343 e. The molecule has 1 heterocycles. The molecule has 0 aliphatic heterocycles. The summed E-state index contributed by atoms with van der Waals surface area (Å²) in [6.45, 7) is 0.0730. The van der Waals surface area contributed by atoms with E-state index in [0.717, 1.165) is 29.5 Å². The van der Waals surface area contributed by atoms with Crippen LogP contribution in [0.3, 0.4) is 0 Å². The van der Waals surface area contributed by atoms with Gasteiger partial charge in [-0.15, -0.1) is 5.10 Å². The minimum absolute atomic E-state index is 0.0842. The Hall–Kier alpha value is -4.38. The highest BCUT2D eigenvalue weighted by atomic mass is 32.2. The molecule has 4 rings (SSSR count). The van der Waals surface area contributed by atoms with Crippen molar-refractivity contribution in [3.63, 3.8) is 0 Å². The number of allylic oxidation sites excluding steroid dienone is 3. The number of ketones is 2. The van der Waals surface area contributed by atoms with Crippen LogP contribution in [-0.4, -0.2) is 38.8 Å². The zero-order valence-electron chi connectivity index (χ0n) is 18.5. The minimum atomic E-state index is -0.596. The van der Waals surface area contributed by atoms with Gasteiger partial charge in [0.05, 0.1) is 10.6 Å². The highest BCUT2D eigenvalue weighted by Gasteiger charge is 2.24. The van der Waals surface area contributed by atoms with Crippen LogP contribution in [0.2, 0.25) is 0 Å². The molecule has 11 heteroatoms. The number of nitrogens with one attached hydrogen (secondary N) is 2. The van der Waals surface area contributed by atoms with Gasteiger partial charge >= 0.3 is 5.69 Å². The average Bonchev–Trinajstić information content (AvgIpc) is 3.18. The first-order valence-electron chi connectivity index (χ1n) is 10.4. The number of H-pyrrole nitrogens is 1. The fourth-order valence-electron chi connectivity index (χ4n) is 2.95.